The van der Waals surface area contributed by atoms with E-state index in [1.807, 2.05) is 0 Å². The Morgan fingerprint density at radius 3 is 2.80 bits per heavy atom. The van der Waals surface area contributed by atoms with Crippen molar-refractivity contribution in [3.05, 3.63) is 53.4 Å². The number of carbonyl (C=O) groups is 1. The standard InChI is InChI=1S/C18H19FN4O2/c19-13-7-12(17-10-20-5-6-25-17)3-4-14(13)23-18(24)16-9-21-15(8-22-16)11-1-2-11/h3-4,7-9,11,17,20H,1-2,5-6,10H2,(H,23,24)/t17-/m0/s1. The molecule has 6 nitrogen and oxygen atoms in total. The summed E-state index contributed by atoms with van der Waals surface area (Å²) in [4.78, 5) is 20.6. The van der Waals surface area contributed by atoms with E-state index >= 15 is 0 Å². The van der Waals surface area contributed by atoms with Crippen LogP contribution in [0.15, 0.2) is 30.6 Å². The normalized spacial score (nSPS) is 20.3. The first kappa shape index (κ1) is 16.1. The summed E-state index contributed by atoms with van der Waals surface area (Å²) in [7, 11) is 0. The summed E-state index contributed by atoms with van der Waals surface area (Å²) in [6.07, 6.45) is 5.14. The van der Waals surface area contributed by atoms with Crippen molar-refractivity contribution >= 4 is 11.6 Å². The van der Waals surface area contributed by atoms with E-state index in [-0.39, 0.29) is 17.5 Å². The number of carbonyl (C=O) groups excluding carboxylic acids is 1. The Kier molecular flexibility index (Phi) is 4.42. The zero-order chi connectivity index (χ0) is 17.2. The van der Waals surface area contributed by atoms with Crippen LogP contribution >= 0.6 is 0 Å². The molecule has 2 aliphatic rings. The van der Waals surface area contributed by atoms with Gasteiger partial charge < -0.3 is 15.4 Å². The molecule has 2 aromatic rings. The van der Waals surface area contributed by atoms with Crippen molar-refractivity contribution in [2.45, 2.75) is 24.9 Å². The van der Waals surface area contributed by atoms with E-state index in [1.54, 1.807) is 18.3 Å². The minimum Gasteiger partial charge on any atom is -0.371 e. The molecular weight excluding hydrogens is 323 g/mol. The van der Waals surface area contributed by atoms with Gasteiger partial charge >= 0.3 is 0 Å². The maximum atomic E-state index is 14.3. The molecule has 2 heterocycles. The van der Waals surface area contributed by atoms with Gasteiger partial charge in [0, 0.05) is 25.2 Å². The lowest BCUT2D eigenvalue weighted by atomic mass is 10.1. The summed E-state index contributed by atoms with van der Waals surface area (Å²) in [6, 6.07) is 4.71. The lowest BCUT2D eigenvalue weighted by Gasteiger charge is -2.24. The largest absolute Gasteiger partial charge is 0.371 e. The molecule has 7 heteroatoms. The molecule has 2 fully saturated rings. The van der Waals surface area contributed by atoms with Crippen LogP contribution < -0.4 is 10.6 Å². The van der Waals surface area contributed by atoms with Gasteiger partial charge in [0.2, 0.25) is 0 Å². The molecule has 25 heavy (non-hydrogen) atoms. The van der Waals surface area contributed by atoms with E-state index in [9.17, 15) is 9.18 Å². The van der Waals surface area contributed by atoms with E-state index in [4.69, 9.17) is 4.74 Å². The smallest absolute Gasteiger partial charge is 0.275 e. The van der Waals surface area contributed by atoms with Crippen molar-refractivity contribution < 1.29 is 13.9 Å². The van der Waals surface area contributed by atoms with Crippen LogP contribution in [0, 0.1) is 5.82 Å². The van der Waals surface area contributed by atoms with Gasteiger partial charge in [0.05, 0.1) is 30.3 Å². The van der Waals surface area contributed by atoms with Crippen LogP contribution in [0.4, 0.5) is 10.1 Å². The summed E-state index contributed by atoms with van der Waals surface area (Å²) in [5.74, 6) is -0.495. The molecule has 0 spiro atoms. The Morgan fingerprint density at radius 2 is 2.16 bits per heavy atom. The minimum atomic E-state index is -0.498. The molecule has 1 aromatic heterocycles. The first-order chi connectivity index (χ1) is 12.2. The van der Waals surface area contributed by atoms with Crippen molar-refractivity contribution in [2.24, 2.45) is 0 Å². The number of rotatable bonds is 4. The first-order valence-corrected chi connectivity index (χ1v) is 8.46. The van der Waals surface area contributed by atoms with E-state index < -0.39 is 11.7 Å². The second-order valence-corrected chi connectivity index (χ2v) is 6.36. The van der Waals surface area contributed by atoms with Gasteiger partial charge in [-0.15, -0.1) is 0 Å². The Balaban J connectivity index is 1.45. The third kappa shape index (κ3) is 3.67. The molecule has 1 saturated carbocycles. The molecule has 0 radical (unpaired) electrons. The van der Waals surface area contributed by atoms with Crippen molar-refractivity contribution in [2.75, 3.05) is 25.0 Å². The van der Waals surface area contributed by atoms with Crippen molar-refractivity contribution in [1.82, 2.24) is 15.3 Å². The molecule has 1 saturated heterocycles. The number of amides is 1. The third-order valence-corrected chi connectivity index (χ3v) is 4.44. The summed E-state index contributed by atoms with van der Waals surface area (Å²) in [6.45, 7) is 2.04. The predicted molar refractivity (Wildman–Crippen MR) is 89.9 cm³/mol. The SMILES string of the molecule is O=C(Nc1ccc([C@@H]2CNCCO2)cc1F)c1cnc(C2CC2)cn1. The van der Waals surface area contributed by atoms with Crippen molar-refractivity contribution in [3.63, 3.8) is 0 Å². The minimum absolute atomic E-state index is 0.116. The quantitative estimate of drug-likeness (QED) is 0.892. The Morgan fingerprint density at radius 1 is 1.28 bits per heavy atom. The monoisotopic (exact) mass is 342 g/mol. The molecule has 4 rings (SSSR count). The fraction of sp³-hybridized carbons (Fsp3) is 0.389. The van der Waals surface area contributed by atoms with E-state index in [0.29, 0.717) is 19.1 Å². The molecule has 0 unspecified atom stereocenters. The van der Waals surface area contributed by atoms with Gasteiger partial charge in [-0.1, -0.05) is 6.07 Å². The van der Waals surface area contributed by atoms with Gasteiger partial charge in [-0.05, 0) is 30.5 Å². The van der Waals surface area contributed by atoms with Crippen LogP contribution in [-0.4, -0.2) is 35.6 Å². The predicted octanol–water partition coefficient (Wildman–Crippen LogP) is 2.41. The number of ether oxygens (including phenoxy) is 1. The summed E-state index contributed by atoms with van der Waals surface area (Å²) in [5, 5.41) is 5.75. The maximum absolute atomic E-state index is 14.3. The number of nitrogens with zero attached hydrogens (tertiary/aromatic N) is 2. The number of benzene rings is 1. The highest BCUT2D eigenvalue weighted by atomic mass is 19.1. The molecule has 1 aromatic carbocycles. The van der Waals surface area contributed by atoms with Crippen LogP contribution in [0.2, 0.25) is 0 Å². The molecule has 0 bridgehead atoms. The average Bonchev–Trinajstić information content (AvgIpc) is 3.49. The lowest BCUT2D eigenvalue weighted by Crippen LogP contribution is -2.33. The second kappa shape index (κ2) is 6.85. The third-order valence-electron chi connectivity index (χ3n) is 4.44. The fourth-order valence-corrected chi connectivity index (χ4v) is 2.84. The Bertz CT molecular complexity index is 771. The van der Waals surface area contributed by atoms with Gasteiger partial charge in [0.15, 0.2) is 0 Å². The molecular formula is C18H19FN4O2. The first-order valence-electron chi connectivity index (χ1n) is 8.46. The van der Waals surface area contributed by atoms with E-state index in [1.165, 1.54) is 12.3 Å². The zero-order valence-electron chi connectivity index (χ0n) is 13.7. The van der Waals surface area contributed by atoms with E-state index in [0.717, 1.165) is 30.6 Å². The summed E-state index contributed by atoms with van der Waals surface area (Å²) >= 11 is 0. The molecule has 2 N–H and O–H groups in total. The maximum Gasteiger partial charge on any atom is 0.275 e. The van der Waals surface area contributed by atoms with Gasteiger partial charge in [0.25, 0.3) is 5.91 Å². The van der Waals surface area contributed by atoms with Crippen molar-refractivity contribution in [1.29, 1.82) is 0 Å². The number of aromatic nitrogens is 2. The fourth-order valence-electron chi connectivity index (χ4n) is 2.84. The van der Waals surface area contributed by atoms with Crippen LogP contribution in [0.25, 0.3) is 0 Å². The highest BCUT2D eigenvalue weighted by molar-refractivity contribution is 6.02. The van der Waals surface area contributed by atoms with Gasteiger partial charge in [-0.3, -0.25) is 9.78 Å². The van der Waals surface area contributed by atoms with Gasteiger partial charge in [-0.25, -0.2) is 9.37 Å². The number of hydrogen-bond acceptors (Lipinski definition) is 5. The molecule has 1 atom stereocenters. The number of morpholine rings is 1. The molecule has 1 aliphatic heterocycles. The second-order valence-electron chi connectivity index (χ2n) is 6.36. The van der Waals surface area contributed by atoms with Crippen LogP contribution in [0.5, 0.6) is 0 Å². The van der Waals surface area contributed by atoms with Crippen LogP contribution in [0.1, 0.15) is 46.6 Å². The summed E-state index contributed by atoms with van der Waals surface area (Å²) in [5.41, 5.74) is 1.95. The van der Waals surface area contributed by atoms with Crippen LogP contribution in [-0.2, 0) is 4.74 Å². The van der Waals surface area contributed by atoms with Gasteiger partial charge in [-0.2, -0.15) is 0 Å². The number of hydrogen-bond donors (Lipinski definition) is 2. The van der Waals surface area contributed by atoms with E-state index in [2.05, 4.69) is 20.6 Å². The number of halogens is 1. The molecule has 1 amide bonds. The zero-order valence-corrected chi connectivity index (χ0v) is 13.7. The lowest BCUT2D eigenvalue weighted by molar-refractivity contribution is 0.0275. The molecule has 130 valence electrons. The van der Waals surface area contributed by atoms with Crippen molar-refractivity contribution in [3.8, 4) is 0 Å². The highest BCUT2D eigenvalue weighted by Gasteiger charge is 2.25. The summed E-state index contributed by atoms with van der Waals surface area (Å²) < 4.78 is 19.9. The topological polar surface area (TPSA) is 76.1 Å². The average molecular weight is 342 g/mol. The van der Waals surface area contributed by atoms with Crippen LogP contribution in [0.3, 0.4) is 0 Å². The number of anilines is 1. The molecule has 1 aliphatic carbocycles. The number of nitrogens with one attached hydrogen (secondary N) is 2. The Labute approximate surface area is 144 Å². The van der Waals surface area contributed by atoms with Gasteiger partial charge in [0.1, 0.15) is 11.5 Å². The Hall–Kier alpha value is -2.38. The highest BCUT2D eigenvalue weighted by Crippen LogP contribution is 2.38.